The van der Waals surface area contributed by atoms with Crippen molar-refractivity contribution in [3.63, 3.8) is 0 Å². The molecular weight excluding hydrogens is 294 g/mol. The summed E-state index contributed by atoms with van der Waals surface area (Å²) in [5, 5.41) is 36.7. The number of fused-ring (bicyclic) bond motifs is 1. The summed E-state index contributed by atoms with van der Waals surface area (Å²) < 4.78 is 0. The second kappa shape index (κ2) is 7.23. The normalized spacial score (nSPS) is 28.0. The Kier molecular flexibility index (Phi) is 5.57. The van der Waals surface area contributed by atoms with E-state index in [1.807, 2.05) is 0 Å². The first kappa shape index (κ1) is 16.9. The predicted octanol–water partition coefficient (Wildman–Crippen LogP) is -2.76. The van der Waals surface area contributed by atoms with Gasteiger partial charge >= 0.3 is 6.03 Å². The molecule has 3 amide bonds. The van der Waals surface area contributed by atoms with Crippen LogP contribution in [0.4, 0.5) is 4.79 Å². The molecule has 4 N–H and O–H groups in total. The van der Waals surface area contributed by atoms with Crippen LogP contribution in [-0.4, -0.2) is 105 Å². The SMILES string of the molecule is O=C1C(CCO)C2C(N1CCO)N(CCO)C(=O)N2CCO. The van der Waals surface area contributed by atoms with Crippen LogP contribution in [0.5, 0.6) is 0 Å². The van der Waals surface area contributed by atoms with Crippen LogP contribution in [0, 0.1) is 5.92 Å². The molecule has 0 aromatic carbocycles. The van der Waals surface area contributed by atoms with Crippen molar-refractivity contribution in [1.82, 2.24) is 14.7 Å². The first-order valence-electron chi connectivity index (χ1n) is 7.43. The molecule has 0 aromatic heterocycles. The highest BCUT2D eigenvalue weighted by Crippen LogP contribution is 2.38. The quantitative estimate of drug-likeness (QED) is 0.384. The van der Waals surface area contributed by atoms with Crippen LogP contribution < -0.4 is 0 Å². The van der Waals surface area contributed by atoms with Gasteiger partial charge in [0.05, 0.1) is 31.8 Å². The number of aliphatic hydroxyl groups excluding tert-OH is 4. The fourth-order valence-electron chi connectivity index (χ4n) is 3.49. The molecule has 2 aliphatic rings. The molecular formula is C13H23N3O6. The van der Waals surface area contributed by atoms with E-state index in [9.17, 15) is 30.0 Å². The molecule has 0 spiro atoms. The molecule has 0 aromatic rings. The van der Waals surface area contributed by atoms with E-state index >= 15 is 0 Å². The Balaban J connectivity index is 2.36. The molecule has 3 unspecified atom stereocenters. The Bertz CT molecular complexity index is 351. The first-order chi connectivity index (χ1) is 10.6. The highest BCUT2D eigenvalue weighted by Gasteiger charge is 2.59. The second-order valence-electron chi connectivity index (χ2n) is 5.39. The van der Waals surface area contributed by atoms with Crippen molar-refractivity contribution in [2.45, 2.75) is 18.6 Å². The van der Waals surface area contributed by atoms with Crippen molar-refractivity contribution in [2.24, 2.45) is 5.92 Å². The number of carbonyl (C=O) groups is 2. The maximum absolute atomic E-state index is 12.5. The monoisotopic (exact) mass is 317 g/mol. The lowest BCUT2D eigenvalue weighted by atomic mass is 9.97. The van der Waals surface area contributed by atoms with Crippen LogP contribution in [0.2, 0.25) is 0 Å². The summed E-state index contributed by atoms with van der Waals surface area (Å²) in [6, 6.07) is -0.839. The molecule has 0 aliphatic carbocycles. The Hall–Kier alpha value is -1.42. The molecule has 22 heavy (non-hydrogen) atoms. The molecule has 0 saturated carbocycles. The third kappa shape index (κ3) is 2.65. The Morgan fingerprint density at radius 2 is 1.32 bits per heavy atom. The third-order valence-corrected chi connectivity index (χ3v) is 4.27. The van der Waals surface area contributed by atoms with Crippen molar-refractivity contribution in [3.8, 4) is 0 Å². The number of amides is 3. The summed E-state index contributed by atoms with van der Waals surface area (Å²) in [6.07, 6.45) is -0.369. The molecule has 0 radical (unpaired) electrons. The number of urea groups is 1. The van der Waals surface area contributed by atoms with E-state index in [0.29, 0.717) is 0 Å². The van der Waals surface area contributed by atoms with Gasteiger partial charge < -0.3 is 30.2 Å². The van der Waals surface area contributed by atoms with Crippen molar-refractivity contribution in [3.05, 3.63) is 0 Å². The summed E-state index contributed by atoms with van der Waals surface area (Å²) in [7, 11) is 0. The highest BCUT2D eigenvalue weighted by molar-refractivity contribution is 5.88. The van der Waals surface area contributed by atoms with Crippen LogP contribution in [0.3, 0.4) is 0 Å². The molecule has 9 nitrogen and oxygen atoms in total. The van der Waals surface area contributed by atoms with Crippen molar-refractivity contribution in [2.75, 3.05) is 46.1 Å². The van der Waals surface area contributed by atoms with Crippen LogP contribution in [-0.2, 0) is 4.79 Å². The number of aliphatic hydroxyl groups is 4. The van der Waals surface area contributed by atoms with E-state index in [2.05, 4.69) is 0 Å². The van der Waals surface area contributed by atoms with Crippen LogP contribution in [0.25, 0.3) is 0 Å². The minimum Gasteiger partial charge on any atom is -0.396 e. The van der Waals surface area contributed by atoms with Gasteiger partial charge in [0.15, 0.2) is 0 Å². The summed E-state index contributed by atoms with van der Waals surface area (Å²) in [6.45, 7) is -0.650. The number of hydrogen-bond donors (Lipinski definition) is 4. The number of nitrogens with zero attached hydrogens (tertiary/aromatic N) is 3. The zero-order valence-electron chi connectivity index (χ0n) is 12.3. The van der Waals surface area contributed by atoms with E-state index < -0.39 is 18.1 Å². The van der Waals surface area contributed by atoms with Crippen molar-refractivity contribution < 1.29 is 30.0 Å². The lowest BCUT2D eigenvalue weighted by Crippen LogP contribution is -2.48. The molecule has 126 valence electrons. The highest BCUT2D eigenvalue weighted by atomic mass is 16.3. The van der Waals surface area contributed by atoms with Gasteiger partial charge in [-0.1, -0.05) is 0 Å². The maximum atomic E-state index is 12.5. The van der Waals surface area contributed by atoms with Gasteiger partial charge in [-0.15, -0.1) is 0 Å². The smallest absolute Gasteiger partial charge is 0.322 e. The lowest BCUT2D eigenvalue weighted by molar-refractivity contribution is -0.134. The molecule has 2 fully saturated rings. The average molecular weight is 317 g/mol. The predicted molar refractivity (Wildman–Crippen MR) is 74.5 cm³/mol. The zero-order chi connectivity index (χ0) is 16.3. The fraction of sp³-hybridized carbons (Fsp3) is 0.846. The van der Waals surface area contributed by atoms with E-state index in [1.165, 1.54) is 14.7 Å². The zero-order valence-corrected chi connectivity index (χ0v) is 12.3. The topological polar surface area (TPSA) is 125 Å². The van der Waals surface area contributed by atoms with Crippen LogP contribution in [0.1, 0.15) is 6.42 Å². The van der Waals surface area contributed by atoms with Gasteiger partial charge in [0.1, 0.15) is 6.17 Å². The molecule has 2 saturated heterocycles. The van der Waals surface area contributed by atoms with Crippen molar-refractivity contribution >= 4 is 11.9 Å². The molecule has 0 bridgehead atoms. The van der Waals surface area contributed by atoms with Gasteiger partial charge in [0, 0.05) is 26.2 Å². The van der Waals surface area contributed by atoms with Crippen LogP contribution in [0.15, 0.2) is 0 Å². The van der Waals surface area contributed by atoms with Crippen molar-refractivity contribution in [1.29, 1.82) is 0 Å². The van der Waals surface area contributed by atoms with Gasteiger partial charge in [-0.3, -0.25) is 9.69 Å². The molecule has 2 heterocycles. The summed E-state index contributed by atoms with van der Waals surface area (Å²) in [4.78, 5) is 29.2. The third-order valence-electron chi connectivity index (χ3n) is 4.27. The number of carbonyl (C=O) groups excluding carboxylic acids is 2. The summed E-state index contributed by atoms with van der Waals surface area (Å²) in [5.74, 6) is -0.794. The second-order valence-corrected chi connectivity index (χ2v) is 5.39. The minimum absolute atomic E-state index is 0.0724. The first-order valence-corrected chi connectivity index (χ1v) is 7.43. The number of β-amino-alcohol motifs (C(OH)–C–C–N with tert-alkyl or cyclic N) is 3. The van der Waals surface area contributed by atoms with Gasteiger partial charge in [-0.05, 0) is 6.42 Å². The van der Waals surface area contributed by atoms with Gasteiger partial charge in [-0.25, -0.2) is 4.79 Å². The number of likely N-dealkylation sites (tertiary alicyclic amines) is 1. The summed E-state index contributed by atoms with van der Waals surface area (Å²) in [5.41, 5.74) is 0. The van der Waals surface area contributed by atoms with Gasteiger partial charge in [0.25, 0.3) is 0 Å². The largest absolute Gasteiger partial charge is 0.396 e. The maximum Gasteiger partial charge on any atom is 0.322 e. The number of hydrogen-bond acceptors (Lipinski definition) is 6. The Morgan fingerprint density at radius 3 is 1.86 bits per heavy atom. The fourth-order valence-corrected chi connectivity index (χ4v) is 3.49. The standard InChI is InChI=1S/C13H23N3O6/c17-5-1-9-10-11(15(3-7-19)12(9)21)16(4-8-20)13(22)14(10)2-6-18/h9-11,17-20H,1-8H2. The van der Waals surface area contributed by atoms with E-state index in [4.69, 9.17) is 0 Å². The van der Waals surface area contributed by atoms with E-state index in [-0.39, 0.29) is 64.4 Å². The molecule has 2 aliphatic heterocycles. The lowest BCUT2D eigenvalue weighted by Gasteiger charge is -2.29. The molecule has 2 rings (SSSR count). The van der Waals surface area contributed by atoms with Crippen LogP contribution >= 0.6 is 0 Å². The van der Waals surface area contributed by atoms with Gasteiger partial charge in [0.2, 0.25) is 5.91 Å². The Morgan fingerprint density at radius 1 is 0.773 bits per heavy atom. The Labute approximate surface area is 128 Å². The molecule has 3 atom stereocenters. The minimum atomic E-state index is -0.581. The van der Waals surface area contributed by atoms with E-state index in [1.54, 1.807) is 0 Å². The average Bonchev–Trinajstić information content (AvgIpc) is 2.90. The molecule has 9 heteroatoms. The summed E-state index contributed by atoms with van der Waals surface area (Å²) >= 11 is 0. The van der Waals surface area contributed by atoms with E-state index in [0.717, 1.165) is 0 Å². The number of rotatable bonds is 8. The van der Waals surface area contributed by atoms with Gasteiger partial charge in [-0.2, -0.15) is 0 Å².